The summed E-state index contributed by atoms with van der Waals surface area (Å²) in [6.45, 7) is 9.43. The highest BCUT2D eigenvalue weighted by molar-refractivity contribution is 8.02. The third-order valence-corrected chi connectivity index (χ3v) is 7.23. The Kier molecular flexibility index (Phi) is 7.71. The summed E-state index contributed by atoms with van der Waals surface area (Å²) in [5.74, 6) is -0.176. The van der Waals surface area contributed by atoms with E-state index >= 15 is 0 Å². The molecule has 30 heavy (non-hydrogen) atoms. The quantitative estimate of drug-likeness (QED) is 0.502. The molecule has 1 saturated heterocycles. The van der Waals surface area contributed by atoms with Gasteiger partial charge in [0.2, 0.25) is 11.0 Å². The van der Waals surface area contributed by atoms with Crippen LogP contribution in [0.2, 0.25) is 0 Å². The zero-order valence-electron chi connectivity index (χ0n) is 17.8. The zero-order valence-corrected chi connectivity index (χ0v) is 19.4. The maximum absolute atomic E-state index is 12.8. The van der Waals surface area contributed by atoms with E-state index in [-0.39, 0.29) is 23.0 Å². The number of rotatable bonds is 7. The van der Waals surface area contributed by atoms with Crippen LogP contribution in [0.3, 0.4) is 0 Å². The smallest absolute Gasteiger partial charge is 0.309 e. The number of amides is 1. The average Bonchev–Trinajstić information content (AvgIpc) is 3.17. The number of hydrogen-bond donors (Lipinski definition) is 1. The van der Waals surface area contributed by atoms with Crippen molar-refractivity contribution in [3.8, 4) is 0 Å². The molecule has 1 aromatic carbocycles. The highest BCUT2D eigenvalue weighted by Crippen LogP contribution is 2.32. The minimum Gasteiger partial charge on any atom is -0.466 e. The normalized spacial score (nSPS) is 15.7. The third kappa shape index (κ3) is 5.72. The summed E-state index contributed by atoms with van der Waals surface area (Å²) in [6.07, 6.45) is 1.32. The molecule has 0 aliphatic carbocycles. The fraction of sp³-hybridized carbons (Fsp3) is 0.524. The first kappa shape index (κ1) is 22.6. The van der Waals surface area contributed by atoms with Crippen LogP contribution in [0.15, 0.2) is 22.5 Å². The lowest BCUT2D eigenvalue weighted by molar-refractivity contribution is -0.151. The third-order valence-electron chi connectivity index (χ3n) is 5.22. The summed E-state index contributed by atoms with van der Waals surface area (Å²) < 4.78 is 5.85. The molecular formula is C21H28N4O3S2. The molecule has 1 aliphatic rings. The molecule has 9 heteroatoms. The Balaban J connectivity index is 1.51. The number of anilines is 2. The van der Waals surface area contributed by atoms with E-state index in [2.05, 4.69) is 41.5 Å². The van der Waals surface area contributed by atoms with Gasteiger partial charge in [0, 0.05) is 18.8 Å². The lowest BCUT2D eigenvalue weighted by Gasteiger charge is -2.32. The summed E-state index contributed by atoms with van der Waals surface area (Å²) >= 11 is 2.86. The molecule has 1 atom stereocenters. The van der Waals surface area contributed by atoms with Crippen molar-refractivity contribution < 1.29 is 14.3 Å². The Morgan fingerprint density at radius 3 is 2.67 bits per heavy atom. The van der Waals surface area contributed by atoms with Crippen LogP contribution in [0.25, 0.3) is 0 Å². The Morgan fingerprint density at radius 2 is 2.00 bits per heavy atom. The molecular weight excluding hydrogens is 420 g/mol. The van der Waals surface area contributed by atoms with Crippen LogP contribution in [-0.4, -0.2) is 51.9 Å². The Morgan fingerprint density at radius 1 is 1.27 bits per heavy atom. The summed E-state index contributed by atoms with van der Waals surface area (Å²) in [5, 5.41) is 12.1. The van der Waals surface area contributed by atoms with E-state index in [0.29, 0.717) is 37.7 Å². The summed E-state index contributed by atoms with van der Waals surface area (Å²) in [6, 6.07) is 6.17. The van der Waals surface area contributed by atoms with Gasteiger partial charge in [-0.15, -0.1) is 10.2 Å². The van der Waals surface area contributed by atoms with Gasteiger partial charge in [-0.3, -0.25) is 9.59 Å². The molecule has 1 aromatic heterocycles. The number of thioether (sulfide) groups is 1. The van der Waals surface area contributed by atoms with Gasteiger partial charge in [0.05, 0.1) is 17.8 Å². The molecule has 0 spiro atoms. The van der Waals surface area contributed by atoms with Gasteiger partial charge in [-0.05, 0) is 63.8 Å². The maximum atomic E-state index is 12.8. The number of nitrogens with one attached hydrogen (secondary N) is 1. The number of benzene rings is 1. The molecule has 2 aromatic rings. The van der Waals surface area contributed by atoms with Gasteiger partial charge >= 0.3 is 5.97 Å². The molecule has 162 valence electrons. The van der Waals surface area contributed by atoms with Crippen molar-refractivity contribution in [3.05, 3.63) is 29.3 Å². The van der Waals surface area contributed by atoms with Crippen molar-refractivity contribution in [2.45, 2.75) is 50.1 Å². The monoisotopic (exact) mass is 448 g/mol. The molecule has 0 bridgehead atoms. The van der Waals surface area contributed by atoms with E-state index in [1.807, 2.05) is 24.8 Å². The molecule has 0 radical (unpaired) electrons. The van der Waals surface area contributed by atoms with Crippen LogP contribution in [0.4, 0.5) is 10.8 Å². The van der Waals surface area contributed by atoms with Gasteiger partial charge in [-0.2, -0.15) is 0 Å². The molecule has 0 saturated carbocycles. The number of nitrogens with zero attached hydrogens (tertiary/aromatic N) is 3. The Bertz CT molecular complexity index is 894. The number of aryl methyl sites for hydroxylation is 2. The van der Waals surface area contributed by atoms with Crippen molar-refractivity contribution in [3.63, 3.8) is 0 Å². The first-order valence-corrected chi connectivity index (χ1v) is 11.9. The number of carbonyl (C=O) groups is 2. The van der Waals surface area contributed by atoms with E-state index in [1.54, 1.807) is 0 Å². The number of carbonyl (C=O) groups excluding carboxylic acids is 2. The zero-order chi connectivity index (χ0) is 21.7. The largest absolute Gasteiger partial charge is 0.466 e. The van der Waals surface area contributed by atoms with E-state index in [9.17, 15) is 9.59 Å². The van der Waals surface area contributed by atoms with Gasteiger partial charge in [0.25, 0.3) is 0 Å². The van der Waals surface area contributed by atoms with Crippen molar-refractivity contribution in [2.75, 3.05) is 25.0 Å². The molecule has 1 aliphatic heterocycles. The fourth-order valence-corrected chi connectivity index (χ4v) is 5.31. The number of hydrogen-bond acceptors (Lipinski definition) is 8. The molecule has 3 rings (SSSR count). The van der Waals surface area contributed by atoms with Crippen molar-refractivity contribution >= 4 is 45.8 Å². The first-order valence-electron chi connectivity index (χ1n) is 10.2. The van der Waals surface area contributed by atoms with Crippen molar-refractivity contribution in [1.29, 1.82) is 0 Å². The minimum atomic E-state index is -0.258. The Hall–Kier alpha value is -2.13. The van der Waals surface area contributed by atoms with Gasteiger partial charge < -0.3 is 15.0 Å². The molecule has 7 nitrogen and oxygen atoms in total. The van der Waals surface area contributed by atoms with Gasteiger partial charge in [-0.25, -0.2) is 0 Å². The minimum absolute atomic E-state index is 0.0705. The summed E-state index contributed by atoms with van der Waals surface area (Å²) in [4.78, 5) is 26.5. The van der Waals surface area contributed by atoms with Crippen LogP contribution in [0, 0.1) is 19.8 Å². The molecule has 1 fully saturated rings. The summed E-state index contributed by atoms with van der Waals surface area (Å²) in [7, 11) is 0. The number of likely N-dealkylation sites (tertiary alicyclic amines) is 1. The van der Waals surface area contributed by atoms with Crippen LogP contribution < -0.4 is 5.32 Å². The van der Waals surface area contributed by atoms with E-state index in [4.69, 9.17) is 4.74 Å². The van der Waals surface area contributed by atoms with E-state index < -0.39 is 0 Å². The topological polar surface area (TPSA) is 84.4 Å². The highest BCUT2D eigenvalue weighted by atomic mass is 32.2. The first-order chi connectivity index (χ1) is 14.4. The predicted octanol–water partition coefficient (Wildman–Crippen LogP) is 4.18. The standard InChI is InChI=1S/C21H28N4O3S2/c1-5-28-19(27)16-8-10-25(11-9-16)18(26)15(4)29-21-24-23-20(30-21)22-17-7-6-13(2)14(3)12-17/h6-7,12,15-16H,5,8-11H2,1-4H3,(H,22,23). The van der Waals surface area contributed by atoms with Crippen LogP contribution in [0.5, 0.6) is 0 Å². The van der Waals surface area contributed by atoms with Gasteiger partial charge in [0.15, 0.2) is 4.34 Å². The number of piperidine rings is 1. The van der Waals surface area contributed by atoms with Crippen LogP contribution in [-0.2, 0) is 14.3 Å². The highest BCUT2D eigenvalue weighted by Gasteiger charge is 2.30. The second-order valence-electron chi connectivity index (χ2n) is 7.41. The lowest BCUT2D eigenvalue weighted by Crippen LogP contribution is -2.43. The van der Waals surface area contributed by atoms with E-state index in [0.717, 1.165) is 10.0 Å². The number of aromatic nitrogens is 2. The van der Waals surface area contributed by atoms with Gasteiger partial charge in [0.1, 0.15) is 0 Å². The van der Waals surface area contributed by atoms with Crippen LogP contribution >= 0.6 is 23.1 Å². The lowest BCUT2D eigenvalue weighted by atomic mass is 9.97. The van der Waals surface area contributed by atoms with Gasteiger partial charge in [-0.1, -0.05) is 29.2 Å². The van der Waals surface area contributed by atoms with Crippen molar-refractivity contribution in [2.24, 2.45) is 5.92 Å². The second kappa shape index (κ2) is 10.3. The summed E-state index contributed by atoms with van der Waals surface area (Å²) in [5.41, 5.74) is 3.43. The Labute approximate surface area is 185 Å². The van der Waals surface area contributed by atoms with E-state index in [1.165, 1.54) is 34.2 Å². The molecule has 1 unspecified atom stereocenters. The van der Waals surface area contributed by atoms with Crippen LogP contribution in [0.1, 0.15) is 37.8 Å². The molecule has 2 heterocycles. The predicted molar refractivity (Wildman–Crippen MR) is 120 cm³/mol. The molecule has 1 N–H and O–H groups in total. The van der Waals surface area contributed by atoms with Crippen molar-refractivity contribution in [1.82, 2.24) is 15.1 Å². The SMILES string of the molecule is CCOC(=O)C1CCN(C(=O)C(C)Sc2nnc(Nc3ccc(C)c(C)c3)s2)CC1. The second-order valence-corrected chi connectivity index (χ2v) is 9.97. The average molecular weight is 449 g/mol. The molecule has 1 amide bonds. The number of ether oxygens (including phenoxy) is 1. The maximum Gasteiger partial charge on any atom is 0.309 e. The fourth-order valence-electron chi connectivity index (χ4n) is 3.30. The number of esters is 1.